The van der Waals surface area contributed by atoms with Crippen LogP contribution < -0.4 is 10.0 Å². The highest BCUT2D eigenvalue weighted by molar-refractivity contribution is 7.92. The molecule has 3 N–H and O–H groups in total. The van der Waals surface area contributed by atoms with E-state index in [0.29, 0.717) is 18.8 Å². The molecular formula is C10H16N2O3S. The second-order valence-corrected chi connectivity index (χ2v) is 5.22. The Morgan fingerprint density at radius 1 is 1.25 bits per heavy atom. The summed E-state index contributed by atoms with van der Waals surface area (Å²) in [7, 11) is -3.21. The van der Waals surface area contributed by atoms with E-state index < -0.39 is 10.0 Å². The van der Waals surface area contributed by atoms with E-state index in [9.17, 15) is 8.42 Å². The van der Waals surface area contributed by atoms with Gasteiger partial charge in [0.15, 0.2) is 0 Å². The maximum Gasteiger partial charge on any atom is 0.229 e. The second-order valence-electron chi connectivity index (χ2n) is 3.47. The highest BCUT2D eigenvalue weighted by atomic mass is 32.2. The summed E-state index contributed by atoms with van der Waals surface area (Å²) in [6, 6.07) is 7.07. The highest BCUT2D eigenvalue weighted by Gasteiger charge is 2.00. The molecule has 0 amide bonds. The topological polar surface area (TPSA) is 78.4 Å². The van der Waals surface area contributed by atoms with Crippen LogP contribution in [-0.2, 0) is 16.6 Å². The molecule has 0 saturated heterocycles. The fourth-order valence-electron chi connectivity index (χ4n) is 1.22. The van der Waals surface area contributed by atoms with E-state index in [0.717, 1.165) is 11.8 Å². The summed E-state index contributed by atoms with van der Waals surface area (Å²) in [5.41, 5.74) is 1.58. The Kier molecular flexibility index (Phi) is 4.72. The lowest BCUT2D eigenvalue weighted by molar-refractivity contribution is 0.292. The van der Waals surface area contributed by atoms with Crippen LogP contribution in [0.15, 0.2) is 24.3 Å². The van der Waals surface area contributed by atoms with Crippen LogP contribution in [0, 0.1) is 0 Å². The normalized spacial score (nSPS) is 11.4. The van der Waals surface area contributed by atoms with Gasteiger partial charge in [-0.15, -0.1) is 0 Å². The Morgan fingerprint density at radius 3 is 2.38 bits per heavy atom. The first-order chi connectivity index (χ1) is 7.51. The SMILES string of the molecule is CS(=O)(=O)Nc1ccc(CNCCO)cc1. The van der Waals surface area contributed by atoms with Crippen LogP contribution in [0.2, 0.25) is 0 Å². The molecule has 0 aliphatic carbocycles. The third kappa shape index (κ3) is 5.11. The van der Waals surface area contributed by atoms with Crippen molar-refractivity contribution < 1.29 is 13.5 Å². The number of nitrogens with one attached hydrogen (secondary N) is 2. The zero-order valence-electron chi connectivity index (χ0n) is 9.10. The first-order valence-corrected chi connectivity index (χ1v) is 6.79. The van der Waals surface area contributed by atoms with Crippen molar-refractivity contribution in [2.75, 3.05) is 24.1 Å². The van der Waals surface area contributed by atoms with Gasteiger partial charge < -0.3 is 10.4 Å². The molecule has 1 rings (SSSR count). The van der Waals surface area contributed by atoms with Crippen molar-refractivity contribution in [1.29, 1.82) is 0 Å². The molecule has 0 heterocycles. The zero-order chi connectivity index (χ0) is 12.0. The first-order valence-electron chi connectivity index (χ1n) is 4.89. The fourth-order valence-corrected chi connectivity index (χ4v) is 1.78. The van der Waals surface area contributed by atoms with Crippen LogP contribution in [0.1, 0.15) is 5.56 Å². The summed E-state index contributed by atoms with van der Waals surface area (Å²) in [4.78, 5) is 0. The molecule has 0 unspecified atom stereocenters. The van der Waals surface area contributed by atoms with E-state index in [1.165, 1.54) is 0 Å². The van der Waals surface area contributed by atoms with Crippen LogP contribution in [0.3, 0.4) is 0 Å². The largest absolute Gasteiger partial charge is 0.395 e. The number of hydrogen-bond acceptors (Lipinski definition) is 4. The third-order valence-corrected chi connectivity index (χ3v) is 2.48. The van der Waals surface area contributed by atoms with Crippen LogP contribution in [0.25, 0.3) is 0 Å². The Hall–Kier alpha value is -1.11. The average molecular weight is 244 g/mol. The van der Waals surface area contributed by atoms with E-state index in [1.54, 1.807) is 12.1 Å². The summed E-state index contributed by atoms with van der Waals surface area (Å²) < 4.78 is 24.3. The number of aliphatic hydroxyl groups excluding tert-OH is 1. The molecule has 0 spiro atoms. The predicted octanol–water partition coefficient (Wildman–Crippen LogP) is 0.140. The number of rotatable bonds is 6. The standard InChI is InChI=1S/C10H16N2O3S/c1-16(14,15)12-10-4-2-9(3-5-10)8-11-6-7-13/h2-5,11-13H,6-8H2,1H3. The molecule has 0 aromatic heterocycles. The minimum atomic E-state index is -3.21. The lowest BCUT2D eigenvalue weighted by Crippen LogP contribution is -2.17. The molecule has 1 aromatic rings. The number of aliphatic hydroxyl groups is 1. The van der Waals surface area contributed by atoms with E-state index in [1.807, 2.05) is 12.1 Å². The summed E-state index contributed by atoms with van der Waals surface area (Å²) >= 11 is 0. The van der Waals surface area contributed by atoms with Crippen LogP contribution in [-0.4, -0.2) is 32.9 Å². The quantitative estimate of drug-likeness (QED) is 0.622. The van der Waals surface area contributed by atoms with Gasteiger partial charge in [-0.25, -0.2) is 8.42 Å². The van der Waals surface area contributed by atoms with Gasteiger partial charge in [0.05, 0.1) is 12.9 Å². The molecule has 0 aliphatic rings. The van der Waals surface area contributed by atoms with E-state index >= 15 is 0 Å². The monoisotopic (exact) mass is 244 g/mol. The van der Waals surface area contributed by atoms with E-state index in [4.69, 9.17) is 5.11 Å². The molecule has 0 aliphatic heterocycles. The van der Waals surface area contributed by atoms with Crippen LogP contribution in [0.5, 0.6) is 0 Å². The third-order valence-electron chi connectivity index (χ3n) is 1.87. The number of anilines is 1. The van der Waals surface area contributed by atoms with Gasteiger partial charge in [0, 0.05) is 18.8 Å². The maximum atomic E-state index is 10.9. The molecule has 0 bridgehead atoms. The van der Waals surface area contributed by atoms with Crippen molar-refractivity contribution in [2.45, 2.75) is 6.54 Å². The average Bonchev–Trinajstić information content (AvgIpc) is 2.19. The van der Waals surface area contributed by atoms with Crippen molar-refractivity contribution in [3.05, 3.63) is 29.8 Å². The van der Waals surface area contributed by atoms with Gasteiger partial charge in [0.25, 0.3) is 0 Å². The van der Waals surface area contributed by atoms with Crippen molar-refractivity contribution in [3.63, 3.8) is 0 Å². The van der Waals surface area contributed by atoms with Gasteiger partial charge in [-0.1, -0.05) is 12.1 Å². The van der Waals surface area contributed by atoms with Crippen LogP contribution >= 0.6 is 0 Å². The highest BCUT2D eigenvalue weighted by Crippen LogP contribution is 2.10. The number of hydrogen-bond donors (Lipinski definition) is 3. The summed E-state index contributed by atoms with van der Waals surface area (Å²) in [6.45, 7) is 1.30. The zero-order valence-corrected chi connectivity index (χ0v) is 9.92. The molecule has 0 atom stereocenters. The van der Waals surface area contributed by atoms with Gasteiger partial charge in [0.1, 0.15) is 0 Å². The minimum absolute atomic E-state index is 0.105. The van der Waals surface area contributed by atoms with E-state index in [2.05, 4.69) is 10.0 Å². The molecule has 6 heteroatoms. The van der Waals surface area contributed by atoms with E-state index in [-0.39, 0.29) is 6.61 Å². The fraction of sp³-hybridized carbons (Fsp3) is 0.400. The predicted molar refractivity (Wildman–Crippen MR) is 63.7 cm³/mol. The molecular weight excluding hydrogens is 228 g/mol. The molecule has 0 saturated carbocycles. The summed E-state index contributed by atoms with van der Waals surface area (Å²) in [5.74, 6) is 0. The summed E-state index contributed by atoms with van der Waals surface area (Å²) in [5, 5.41) is 11.6. The molecule has 5 nitrogen and oxygen atoms in total. The summed E-state index contributed by atoms with van der Waals surface area (Å²) in [6.07, 6.45) is 1.11. The molecule has 16 heavy (non-hydrogen) atoms. The Balaban J connectivity index is 2.54. The minimum Gasteiger partial charge on any atom is -0.395 e. The van der Waals surface area contributed by atoms with Gasteiger partial charge in [0.2, 0.25) is 10.0 Å². The first kappa shape index (κ1) is 13.0. The molecule has 0 radical (unpaired) electrons. The maximum absolute atomic E-state index is 10.9. The lowest BCUT2D eigenvalue weighted by Gasteiger charge is -2.06. The Bertz CT molecular complexity index is 414. The van der Waals surface area contributed by atoms with Gasteiger partial charge >= 0.3 is 0 Å². The Labute approximate surface area is 95.5 Å². The molecule has 1 aromatic carbocycles. The smallest absolute Gasteiger partial charge is 0.229 e. The van der Waals surface area contributed by atoms with Crippen molar-refractivity contribution in [1.82, 2.24) is 5.32 Å². The van der Waals surface area contributed by atoms with Crippen molar-refractivity contribution >= 4 is 15.7 Å². The van der Waals surface area contributed by atoms with Gasteiger partial charge in [-0.05, 0) is 17.7 Å². The Morgan fingerprint density at radius 2 is 1.88 bits per heavy atom. The molecule has 90 valence electrons. The van der Waals surface area contributed by atoms with Crippen molar-refractivity contribution in [3.8, 4) is 0 Å². The number of benzene rings is 1. The van der Waals surface area contributed by atoms with Crippen LogP contribution in [0.4, 0.5) is 5.69 Å². The van der Waals surface area contributed by atoms with Crippen molar-refractivity contribution in [2.24, 2.45) is 0 Å². The lowest BCUT2D eigenvalue weighted by atomic mass is 10.2. The van der Waals surface area contributed by atoms with Gasteiger partial charge in [-0.2, -0.15) is 0 Å². The van der Waals surface area contributed by atoms with Gasteiger partial charge in [-0.3, -0.25) is 4.72 Å². The second kappa shape index (κ2) is 5.83. The number of sulfonamides is 1. The molecule has 0 fully saturated rings.